The first-order valence-electron chi connectivity index (χ1n) is 8.44. The lowest BCUT2D eigenvalue weighted by Crippen LogP contribution is -2.51. The van der Waals surface area contributed by atoms with Crippen LogP contribution in [0.15, 0.2) is 24.3 Å². The highest BCUT2D eigenvalue weighted by atomic mass is 16.1. The van der Waals surface area contributed by atoms with Crippen molar-refractivity contribution in [2.45, 2.75) is 38.5 Å². The highest BCUT2D eigenvalue weighted by molar-refractivity contribution is 5.94. The fraction of sp³-hybridized carbons (Fsp3) is 0.579. The van der Waals surface area contributed by atoms with Crippen LogP contribution in [0.5, 0.6) is 0 Å². The Hall–Kier alpha value is -1.82. The van der Waals surface area contributed by atoms with Crippen molar-refractivity contribution in [3.8, 4) is 6.07 Å². The molecule has 1 aromatic carbocycles. The molecule has 3 heteroatoms. The number of amides is 1. The quantitative estimate of drug-likeness (QED) is 0.927. The number of nitrogens with one attached hydrogen (secondary N) is 1. The van der Waals surface area contributed by atoms with E-state index >= 15 is 0 Å². The van der Waals surface area contributed by atoms with Crippen molar-refractivity contribution in [1.29, 1.82) is 5.26 Å². The summed E-state index contributed by atoms with van der Waals surface area (Å²) in [5.74, 6) is 2.69. The maximum absolute atomic E-state index is 12.4. The van der Waals surface area contributed by atoms with Gasteiger partial charge in [-0.3, -0.25) is 4.79 Å². The molecule has 0 spiro atoms. The molecule has 0 unspecified atom stereocenters. The van der Waals surface area contributed by atoms with Crippen LogP contribution in [0.3, 0.4) is 0 Å². The second-order valence-electron chi connectivity index (χ2n) is 7.79. The highest BCUT2D eigenvalue weighted by Crippen LogP contribution is 2.59. The number of hydrogen-bond donors (Lipinski definition) is 1. The second-order valence-corrected chi connectivity index (χ2v) is 7.79. The van der Waals surface area contributed by atoms with Crippen LogP contribution in [0.25, 0.3) is 0 Å². The molecule has 114 valence electrons. The highest BCUT2D eigenvalue weighted by Gasteiger charge is 2.50. The Labute approximate surface area is 131 Å². The molecular formula is C19H22N2O. The smallest absolute Gasteiger partial charge is 0.251 e. The number of carbonyl (C=O) groups excluding carboxylic acids is 1. The molecule has 22 heavy (non-hydrogen) atoms. The first kappa shape index (κ1) is 13.8. The van der Waals surface area contributed by atoms with Gasteiger partial charge in [0.2, 0.25) is 0 Å². The van der Waals surface area contributed by atoms with Gasteiger partial charge < -0.3 is 5.32 Å². The van der Waals surface area contributed by atoms with Gasteiger partial charge in [0.1, 0.15) is 0 Å². The first-order chi connectivity index (χ1) is 10.7. The van der Waals surface area contributed by atoms with Crippen LogP contribution in [0.2, 0.25) is 0 Å². The fourth-order valence-corrected chi connectivity index (χ4v) is 5.61. The maximum Gasteiger partial charge on any atom is 0.251 e. The predicted molar refractivity (Wildman–Crippen MR) is 84.1 cm³/mol. The van der Waals surface area contributed by atoms with E-state index in [9.17, 15) is 4.79 Å². The van der Waals surface area contributed by atoms with Gasteiger partial charge in [0.25, 0.3) is 5.91 Å². The van der Waals surface area contributed by atoms with E-state index < -0.39 is 0 Å². The van der Waals surface area contributed by atoms with Crippen LogP contribution in [0.4, 0.5) is 0 Å². The largest absolute Gasteiger partial charge is 0.351 e. The zero-order chi connectivity index (χ0) is 15.2. The summed E-state index contributed by atoms with van der Waals surface area (Å²) in [4.78, 5) is 12.4. The number of nitrogens with zero attached hydrogens (tertiary/aromatic N) is 1. The molecule has 4 saturated carbocycles. The third-order valence-corrected chi connectivity index (χ3v) is 6.04. The molecule has 0 saturated heterocycles. The lowest BCUT2D eigenvalue weighted by atomic mass is 9.49. The van der Waals surface area contributed by atoms with Gasteiger partial charge in [-0.25, -0.2) is 0 Å². The van der Waals surface area contributed by atoms with E-state index in [4.69, 9.17) is 5.26 Å². The molecule has 4 bridgehead atoms. The first-order valence-corrected chi connectivity index (χ1v) is 8.44. The van der Waals surface area contributed by atoms with Crippen molar-refractivity contribution in [3.63, 3.8) is 0 Å². The molecule has 1 N–H and O–H groups in total. The SMILES string of the molecule is N#Cc1cccc(C(=O)NCC23CC4CC(CC(C4)C2)C3)c1. The van der Waals surface area contributed by atoms with Gasteiger partial charge in [0.05, 0.1) is 11.6 Å². The normalized spacial score (nSPS) is 35.1. The molecule has 0 radical (unpaired) electrons. The van der Waals surface area contributed by atoms with Crippen molar-refractivity contribution in [2.24, 2.45) is 23.2 Å². The minimum atomic E-state index is -0.0344. The maximum atomic E-state index is 12.4. The fourth-order valence-electron chi connectivity index (χ4n) is 5.61. The summed E-state index contributed by atoms with van der Waals surface area (Å²) in [7, 11) is 0. The average molecular weight is 294 g/mol. The molecule has 1 aromatic rings. The van der Waals surface area contributed by atoms with Gasteiger partial charge in [-0.15, -0.1) is 0 Å². The summed E-state index contributed by atoms with van der Waals surface area (Å²) in [6, 6.07) is 9.06. The predicted octanol–water partition coefficient (Wildman–Crippen LogP) is 3.50. The van der Waals surface area contributed by atoms with Crippen molar-refractivity contribution < 1.29 is 4.79 Å². The lowest BCUT2D eigenvalue weighted by Gasteiger charge is -2.56. The zero-order valence-corrected chi connectivity index (χ0v) is 12.8. The summed E-state index contributed by atoms with van der Waals surface area (Å²) < 4.78 is 0. The molecule has 0 aromatic heterocycles. The van der Waals surface area contributed by atoms with E-state index in [0.717, 1.165) is 24.3 Å². The molecule has 4 aliphatic rings. The minimum absolute atomic E-state index is 0.0344. The van der Waals surface area contributed by atoms with Crippen LogP contribution in [-0.4, -0.2) is 12.5 Å². The van der Waals surface area contributed by atoms with E-state index in [2.05, 4.69) is 11.4 Å². The molecule has 0 heterocycles. The number of nitriles is 1. The van der Waals surface area contributed by atoms with Crippen LogP contribution in [-0.2, 0) is 0 Å². The van der Waals surface area contributed by atoms with Crippen molar-refractivity contribution in [3.05, 3.63) is 35.4 Å². The Bertz CT molecular complexity index is 608. The van der Waals surface area contributed by atoms with Crippen molar-refractivity contribution >= 4 is 5.91 Å². The molecule has 1 amide bonds. The number of hydrogen-bond acceptors (Lipinski definition) is 2. The van der Waals surface area contributed by atoms with E-state index in [1.807, 2.05) is 0 Å². The summed E-state index contributed by atoms with van der Waals surface area (Å²) in [6.45, 7) is 0.812. The lowest BCUT2D eigenvalue weighted by molar-refractivity contribution is -0.0503. The summed E-state index contributed by atoms with van der Waals surface area (Å²) in [5, 5.41) is 12.1. The Balaban J connectivity index is 1.44. The van der Waals surface area contributed by atoms with Gasteiger partial charge >= 0.3 is 0 Å². The number of benzene rings is 1. The van der Waals surface area contributed by atoms with Gasteiger partial charge in [-0.05, 0) is 79.9 Å². The molecule has 0 aliphatic heterocycles. The van der Waals surface area contributed by atoms with Gasteiger partial charge in [0, 0.05) is 12.1 Å². The standard InChI is InChI=1S/C19H22N2O/c20-11-13-2-1-3-17(7-13)18(22)21-12-19-8-14-4-15(9-19)6-16(5-14)10-19/h1-3,7,14-16H,4-6,8-10,12H2,(H,21,22). The number of rotatable bonds is 3. The molecular weight excluding hydrogens is 272 g/mol. The summed E-state index contributed by atoms with van der Waals surface area (Å²) in [5.41, 5.74) is 1.50. The molecule has 4 aliphatic carbocycles. The number of carbonyl (C=O) groups is 1. The third-order valence-electron chi connectivity index (χ3n) is 6.04. The summed E-state index contributed by atoms with van der Waals surface area (Å²) >= 11 is 0. The topological polar surface area (TPSA) is 52.9 Å². The van der Waals surface area contributed by atoms with Gasteiger partial charge in [-0.2, -0.15) is 5.26 Å². The van der Waals surface area contributed by atoms with Crippen LogP contribution >= 0.6 is 0 Å². The van der Waals surface area contributed by atoms with Crippen LogP contribution < -0.4 is 5.32 Å². The average Bonchev–Trinajstić information content (AvgIpc) is 2.51. The van der Waals surface area contributed by atoms with E-state index in [1.165, 1.54) is 38.5 Å². The second kappa shape index (κ2) is 5.12. The van der Waals surface area contributed by atoms with Crippen LogP contribution in [0, 0.1) is 34.5 Å². The Kier molecular flexibility index (Phi) is 3.22. The van der Waals surface area contributed by atoms with Crippen molar-refractivity contribution in [1.82, 2.24) is 5.32 Å². The van der Waals surface area contributed by atoms with Gasteiger partial charge in [0.15, 0.2) is 0 Å². The van der Waals surface area contributed by atoms with Crippen molar-refractivity contribution in [2.75, 3.05) is 6.54 Å². The Morgan fingerprint density at radius 1 is 1.18 bits per heavy atom. The van der Waals surface area contributed by atoms with E-state index in [1.54, 1.807) is 24.3 Å². The Morgan fingerprint density at radius 2 is 1.82 bits per heavy atom. The Morgan fingerprint density at radius 3 is 2.41 bits per heavy atom. The molecule has 4 fully saturated rings. The van der Waals surface area contributed by atoms with Gasteiger partial charge in [-0.1, -0.05) is 6.07 Å². The summed E-state index contributed by atoms with van der Waals surface area (Å²) in [6.07, 6.45) is 8.19. The minimum Gasteiger partial charge on any atom is -0.351 e. The molecule has 3 nitrogen and oxygen atoms in total. The van der Waals surface area contributed by atoms with Crippen LogP contribution in [0.1, 0.15) is 54.4 Å². The van der Waals surface area contributed by atoms with E-state index in [0.29, 0.717) is 16.5 Å². The van der Waals surface area contributed by atoms with E-state index in [-0.39, 0.29) is 5.91 Å². The zero-order valence-electron chi connectivity index (χ0n) is 12.8. The third kappa shape index (κ3) is 2.41. The molecule has 5 rings (SSSR count). The molecule has 0 atom stereocenters. The monoisotopic (exact) mass is 294 g/mol.